The SMILES string of the molecule is Cc1ccc(-c2nc3cc(C(C)C)ccc3o2)cc1NC(=O)C(C)(C)Oc1ccc(Cl)cc1. The minimum atomic E-state index is -1.10. The Balaban J connectivity index is 1.57. The summed E-state index contributed by atoms with van der Waals surface area (Å²) in [7, 11) is 0. The van der Waals surface area contributed by atoms with Crippen molar-refractivity contribution in [1.82, 2.24) is 4.98 Å². The molecule has 3 aromatic carbocycles. The Morgan fingerprint density at radius 1 is 1.06 bits per heavy atom. The van der Waals surface area contributed by atoms with Gasteiger partial charge in [-0.15, -0.1) is 0 Å². The van der Waals surface area contributed by atoms with Crippen molar-refractivity contribution in [3.63, 3.8) is 0 Å². The van der Waals surface area contributed by atoms with Crippen LogP contribution in [0.15, 0.2) is 65.1 Å². The lowest BCUT2D eigenvalue weighted by Crippen LogP contribution is -2.42. The molecule has 1 amide bonds. The van der Waals surface area contributed by atoms with Crippen LogP contribution in [0.1, 0.15) is 44.7 Å². The second-order valence-corrected chi connectivity index (χ2v) is 9.39. The maximum absolute atomic E-state index is 13.0. The average molecular weight is 463 g/mol. The van der Waals surface area contributed by atoms with Gasteiger partial charge in [0.2, 0.25) is 5.89 Å². The van der Waals surface area contributed by atoms with E-state index in [0.717, 1.165) is 22.2 Å². The van der Waals surface area contributed by atoms with Gasteiger partial charge >= 0.3 is 0 Å². The molecule has 0 aliphatic carbocycles. The molecule has 4 aromatic rings. The first-order valence-corrected chi connectivity index (χ1v) is 11.3. The number of carbonyl (C=O) groups excluding carboxylic acids is 1. The first kappa shape index (κ1) is 22.9. The molecule has 0 saturated heterocycles. The Bertz CT molecular complexity index is 1310. The lowest BCUT2D eigenvalue weighted by Gasteiger charge is -2.26. The normalized spacial score (nSPS) is 11.7. The van der Waals surface area contributed by atoms with Gasteiger partial charge in [-0.25, -0.2) is 4.98 Å². The standard InChI is InChI=1S/C27H27ClN2O3/c1-16(2)18-8-13-24-23(14-18)29-25(32-24)19-7-6-17(3)22(15-19)30-26(31)27(4,5)33-21-11-9-20(28)10-12-21/h6-16H,1-5H3,(H,30,31). The summed E-state index contributed by atoms with van der Waals surface area (Å²) in [6.07, 6.45) is 0. The predicted octanol–water partition coefficient (Wildman–Crippen LogP) is 7.38. The predicted molar refractivity (Wildman–Crippen MR) is 133 cm³/mol. The smallest absolute Gasteiger partial charge is 0.267 e. The van der Waals surface area contributed by atoms with Gasteiger partial charge < -0.3 is 14.5 Å². The molecule has 0 fully saturated rings. The van der Waals surface area contributed by atoms with Gasteiger partial charge in [-0.3, -0.25) is 4.79 Å². The number of benzene rings is 3. The number of hydrogen-bond donors (Lipinski definition) is 1. The zero-order valence-electron chi connectivity index (χ0n) is 19.4. The zero-order chi connectivity index (χ0) is 23.8. The van der Waals surface area contributed by atoms with E-state index < -0.39 is 5.60 Å². The number of halogens is 1. The Hall–Kier alpha value is -3.31. The second-order valence-electron chi connectivity index (χ2n) is 8.95. The van der Waals surface area contributed by atoms with E-state index in [0.29, 0.717) is 28.3 Å². The Morgan fingerprint density at radius 3 is 2.48 bits per heavy atom. The lowest BCUT2D eigenvalue weighted by molar-refractivity contribution is -0.128. The largest absolute Gasteiger partial charge is 0.478 e. The number of carbonyl (C=O) groups is 1. The number of rotatable bonds is 6. The van der Waals surface area contributed by atoms with Crippen LogP contribution in [0.5, 0.6) is 5.75 Å². The van der Waals surface area contributed by atoms with Crippen molar-refractivity contribution >= 4 is 34.3 Å². The Labute approximate surface area is 198 Å². The molecule has 0 bridgehead atoms. The number of nitrogens with zero attached hydrogens (tertiary/aromatic N) is 1. The van der Waals surface area contributed by atoms with Crippen molar-refractivity contribution in [1.29, 1.82) is 0 Å². The third kappa shape index (κ3) is 5.04. The fourth-order valence-electron chi connectivity index (χ4n) is 3.43. The van der Waals surface area contributed by atoms with Crippen molar-refractivity contribution in [2.75, 3.05) is 5.32 Å². The highest BCUT2D eigenvalue weighted by molar-refractivity contribution is 6.30. The molecule has 4 rings (SSSR count). The molecule has 0 unspecified atom stereocenters. The number of ether oxygens (including phenoxy) is 1. The van der Waals surface area contributed by atoms with Crippen LogP contribution in [0.3, 0.4) is 0 Å². The van der Waals surface area contributed by atoms with Gasteiger partial charge in [-0.2, -0.15) is 0 Å². The van der Waals surface area contributed by atoms with Crippen LogP contribution >= 0.6 is 11.6 Å². The van der Waals surface area contributed by atoms with E-state index in [9.17, 15) is 4.79 Å². The summed E-state index contributed by atoms with van der Waals surface area (Å²) in [5, 5.41) is 3.60. The topological polar surface area (TPSA) is 64.4 Å². The molecule has 0 spiro atoms. The van der Waals surface area contributed by atoms with Crippen LogP contribution in [0.2, 0.25) is 5.02 Å². The van der Waals surface area contributed by atoms with Gasteiger partial charge in [0.15, 0.2) is 11.2 Å². The Morgan fingerprint density at radius 2 is 1.79 bits per heavy atom. The maximum Gasteiger partial charge on any atom is 0.267 e. The third-order valence-electron chi connectivity index (χ3n) is 5.54. The van der Waals surface area contributed by atoms with Crippen LogP contribution < -0.4 is 10.1 Å². The highest BCUT2D eigenvalue weighted by atomic mass is 35.5. The number of hydrogen-bond acceptors (Lipinski definition) is 4. The first-order chi connectivity index (χ1) is 15.6. The molecule has 170 valence electrons. The monoisotopic (exact) mass is 462 g/mol. The second kappa shape index (κ2) is 8.91. The molecule has 0 aliphatic heterocycles. The number of oxazole rings is 1. The van der Waals surface area contributed by atoms with E-state index in [1.54, 1.807) is 38.1 Å². The van der Waals surface area contributed by atoms with E-state index in [-0.39, 0.29) is 5.91 Å². The molecule has 33 heavy (non-hydrogen) atoms. The van der Waals surface area contributed by atoms with Gasteiger partial charge in [-0.1, -0.05) is 37.6 Å². The van der Waals surface area contributed by atoms with E-state index in [4.69, 9.17) is 20.8 Å². The van der Waals surface area contributed by atoms with Gasteiger partial charge in [0.1, 0.15) is 11.3 Å². The minimum absolute atomic E-state index is 0.267. The fraction of sp³-hybridized carbons (Fsp3) is 0.259. The van der Waals surface area contributed by atoms with Gasteiger partial charge in [-0.05, 0) is 86.3 Å². The van der Waals surface area contributed by atoms with E-state index >= 15 is 0 Å². The molecular formula is C27H27ClN2O3. The van der Waals surface area contributed by atoms with E-state index in [2.05, 4.69) is 36.3 Å². The lowest BCUT2D eigenvalue weighted by atomic mass is 10.0. The van der Waals surface area contributed by atoms with Crippen molar-refractivity contribution in [2.45, 2.75) is 46.1 Å². The van der Waals surface area contributed by atoms with E-state index in [1.807, 2.05) is 31.2 Å². The number of anilines is 1. The summed E-state index contributed by atoms with van der Waals surface area (Å²) in [4.78, 5) is 17.7. The molecule has 1 heterocycles. The molecule has 0 aliphatic rings. The Kier molecular flexibility index (Phi) is 6.17. The summed E-state index contributed by atoms with van der Waals surface area (Å²) < 4.78 is 11.9. The molecule has 1 N–H and O–H groups in total. The molecule has 0 atom stereocenters. The number of fused-ring (bicyclic) bond motifs is 1. The quantitative estimate of drug-likeness (QED) is 0.324. The minimum Gasteiger partial charge on any atom is -0.478 e. The van der Waals surface area contributed by atoms with Crippen molar-refractivity contribution in [3.8, 4) is 17.2 Å². The molecule has 1 aromatic heterocycles. The highest BCUT2D eigenvalue weighted by Crippen LogP contribution is 2.30. The fourth-order valence-corrected chi connectivity index (χ4v) is 3.56. The average Bonchev–Trinajstić information content (AvgIpc) is 3.20. The molecule has 6 heteroatoms. The summed E-state index contributed by atoms with van der Waals surface area (Å²) in [5.41, 5.74) is 4.05. The summed E-state index contributed by atoms with van der Waals surface area (Å²) >= 11 is 5.94. The van der Waals surface area contributed by atoms with Crippen LogP contribution in [0, 0.1) is 6.92 Å². The van der Waals surface area contributed by atoms with Crippen molar-refractivity contribution < 1.29 is 13.9 Å². The van der Waals surface area contributed by atoms with Gasteiger partial charge in [0.05, 0.1) is 0 Å². The zero-order valence-corrected chi connectivity index (χ0v) is 20.2. The van der Waals surface area contributed by atoms with Crippen LogP contribution in [0.25, 0.3) is 22.6 Å². The highest BCUT2D eigenvalue weighted by Gasteiger charge is 2.30. The molecule has 5 nitrogen and oxygen atoms in total. The molecular weight excluding hydrogens is 436 g/mol. The van der Waals surface area contributed by atoms with Crippen LogP contribution in [-0.2, 0) is 4.79 Å². The number of aryl methyl sites for hydroxylation is 1. The van der Waals surface area contributed by atoms with E-state index in [1.165, 1.54) is 5.56 Å². The van der Waals surface area contributed by atoms with Gasteiger partial charge in [0.25, 0.3) is 5.91 Å². The summed E-state index contributed by atoms with van der Waals surface area (Å²) in [6.45, 7) is 9.68. The third-order valence-corrected chi connectivity index (χ3v) is 5.80. The summed E-state index contributed by atoms with van der Waals surface area (Å²) in [6, 6.07) is 18.7. The maximum atomic E-state index is 13.0. The number of aromatic nitrogens is 1. The van der Waals surface area contributed by atoms with Crippen molar-refractivity contribution in [2.24, 2.45) is 0 Å². The number of nitrogens with one attached hydrogen (secondary N) is 1. The van der Waals surface area contributed by atoms with Gasteiger partial charge in [0, 0.05) is 16.3 Å². The van der Waals surface area contributed by atoms with Crippen LogP contribution in [-0.4, -0.2) is 16.5 Å². The van der Waals surface area contributed by atoms with Crippen molar-refractivity contribution in [3.05, 3.63) is 76.8 Å². The number of amides is 1. The molecule has 0 radical (unpaired) electrons. The first-order valence-electron chi connectivity index (χ1n) is 10.9. The summed E-state index contributed by atoms with van der Waals surface area (Å²) in [5.74, 6) is 1.22. The molecule has 0 saturated carbocycles. The van der Waals surface area contributed by atoms with Crippen LogP contribution in [0.4, 0.5) is 5.69 Å².